The molecule has 11 nitrogen and oxygen atoms in total. The summed E-state index contributed by atoms with van der Waals surface area (Å²) in [6, 6.07) is 7.58. The van der Waals surface area contributed by atoms with Crippen molar-refractivity contribution in [2.75, 3.05) is 44.9 Å². The number of nitrogens with zero attached hydrogens (tertiary/aromatic N) is 2. The van der Waals surface area contributed by atoms with Gasteiger partial charge in [0.1, 0.15) is 28.5 Å². The summed E-state index contributed by atoms with van der Waals surface area (Å²) in [5.74, 6) is -0.373. The van der Waals surface area contributed by atoms with Crippen LogP contribution in [-0.4, -0.2) is 73.8 Å². The molecule has 1 atom stereocenters. The molecule has 3 aromatic rings. The van der Waals surface area contributed by atoms with Crippen LogP contribution in [0.4, 0.5) is 5.00 Å². The standard InChI is InChI=1S/C31H35N3O8S/c1-18-24-26(36)31(15-19(16-31)27(37)32-9-11-35)30(38)34(29(24)43-25(18)28-33-10-14-41-28)17-23(42-20-7-12-40-13-8-20)21-5-3-4-6-22(21)39-2/h3-6,10,14,19-20,23,35H,7-9,11-13,15-17H2,1-2H3,(H,32,37)/t19-,23-,31+/m0/s1. The summed E-state index contributed by atoms with van der Waals surface area (Å²) in [4.78, 5) is 48.1. The number of benzene rings is 1. The van der Waals surface area contributed by atoms with Crippen LogP contribution >= 0.6 is 11.3 Å². The fourth-order valence-electron chi connectivity index (χ4n) is 6.36. The molecule has 1 saturated carbocycles. The van der Waals surface area contributed by atoms with Crippen molar-refractivity contribution in [1.29, 1.82) is 0 Å². The number of aromatic nitrogens is 1. The molecule has 1 saturated heterocycles. The maximum absolute atomic E-state index is 14.5. The highest BCUT2D eigenvalue weighted by Gasteiger charge is 2.62. The summed E-state index contributed by atoms with van der Waals surface area (Å²) >= 11 is 1.30. The molecule has 1 aliphatic carbocycles. The summed E-state index contributed by atoms with van der Waals surface area (Å²) < 4.78 is 23.5. The minimum Gasteiger partial charge on any atom is -0.496 e. The zero-order valence-corrected chi connectivity index (χ0v) is 25.0. The monoisotopic (exact) mass is 609 g/mol. The summed E-state index contributed by atoms with van der Waals surface area (Å²) in [6.45, 7) is 3.11. The van der Waals surface area contributed by atoms with Gasteiger partial charge < -0.3 is 29.1 Å². The number of aliphatic hydroxyl groups is 1. The number of carbonyl (C=O) groups excluding carboxylic acids is 3. The number of thiophene rings is 1. The van der Waals surface area contributed by atoms with Gasteiger partial charge in [-0.15, -0.1) is 11.3 Å². The van der Waals surface area contributed by atoms with Crippen LogP contribution in [0.25, 0.3) is 10.8 Å². The second-order valence-electron chi connectivity index (χ2n) is 11.2. The average Bonchev–Trinajstić information content (AvgIpc) is 3.65. The van der Waals surface area contributed by atoms with Crippen LogP contribution in [0.2, 0.25) is 0 Å². The third-order valence-electron chi connectivity index (χ3n) is 8.65. The summed E-state index contributed by atoms with van der Waals surface area (Å²) in [5.41, 5.74) is 0.583. The fourth-order valence-corrected chi connectivity index (χ4v) is 7.61. The van der Waals surface area contributed by atoms with Gasteiger partial charge in [0, 0.05) is 31.2 Å². The molecule has 1 aromatic carbocycles. The Morgan fingerprint density at radius 3 is 2.72 bits per heavy atom. The molecule has 6 rings (SSSR count). The Bertz CT molecular complexity index is 1490. The zero-order valence-electron chi connectivity index (χ0n) is 24.2. The lowest BCUT2D eigenvalue weighted by atomic mass is 9.56. The van der Waals surface area contributed by atoms with Crippen LogP contribution in [0.1, 0.15) is 53.3 Å². The number of amides is 2. The first-order chi connectivity index (χ1) is 20.9. The number of fused-ring (bicyclic) bond motifs is 1. The van der Waals surface area contributed by atoms with E-state index in [0.717, 1.165) is 18.4 Å². The molecule has 43 heavy (non-hydrogen) atoms. The molecular weight excluding hydrogens is 574 g/mol. The number of rotatable bonds is 10. The van der Waals surface area contributed by atoms with Crippen LogP contribution in [0.3, 0.4) is 0 Å². The SMILES string of the molecule is COc1ccccc1[C@H](CN1c2sc(-c3ncco3)c(C)c2C(=O)[C@]2(C[C@H](C(=O)NCCO)C2)C1=O)OC1CCOCC1. The van der Waals surface area contributed by atoms with Gasteiger partial charge >= 0.3 is 0 Å². The third kappa shape index (κ3) is 5.26. The molecule has 228 valence electrons. The van der Waals surface area contributed by atoms with E-state index >= 15 is 0 Å². The Morgan fingerprint density at radius 1 is 1.26 bits per heavy atom. The molecule has 1 spiro atoms. The number of carbonyl (C=O) groups is 3. The number of hydrogen-bond donors (Lipinski definition) is 2. The highest BCUT2D eigenvalue weighted by Crippen LogP contribution is 2.57. The van der Waals surface area contributed by atoms with Crippen molar-refractivity contribution < 1.29 is 38.1 Å². The van der Waals surface area contributed by atoms with Crippen molar-refractivity contribution in [3.8, 4) is 16.5 Å². The maximum Gasteiger partial charge on any atom is 0.241 e. The van der Waals surface area contributed by atoms with Gasteiger partial charge in [-0.2, -0.15) is 0 Å². The molecule has 0 bridgehead atoms. The van der Waals surface area contributed by atoms with Crippen LogP contribution in [0.15, 0.2) is 41.1 Å². The molecule has 0 radical (unpaired) electrons. The van der Waals surface area contributed by atoms with Crippen LogP contribution in [-0.2, 0) is 19.1 Å². The smallest absolute Gasteiger partial charge is 0.241 e. The highest BCUT2D eigenvalue weighted by molar-refractivity contribution is 7.20. The van der Waals surface area contributed by atoms with Crippen molar-refractivity contribution in [1.82, 2.24) is 10.3 Å². The number of oxazole rings is 1. The minimum atomic E-state index is -1.36. The average molecular weight is 610 g/mol. The van der Waals surface area contributed by atoms with Gasteiger partial charge in [0.25, 0.3) is 0 Å². The van der Waals surface area contributed by atoms with E-state index in [1.807, 2.05) is 31.2 Å². The number of hydrogen-bond acceptors (Lipinski definition) is 10. The lowest BCUT2D eigenvalue weighted by molar-refractivity contribution is -0.140. The molecular formula is C31H35N3O8S. The van der Waals surface area contributed by atoms with E-state index in [9.17, 15) is 14.4 Å². The number of Topliss-reactive ketones (excluding diaryl/α,β-unsaturated/α-hetero) is 1. The van der Waals surface area contributed by atoms with Gasteiger partial charge in [0.15, 0.2) is 5.78 Å². The first-order valence-corrected chi connectivity index (χ1v) is 15.3. The molecule has 2 fully saturated rings. The highest BCUT2D eigenvalue weighted by atomic mass is 32.1. The number of nitrogens with one attached hydrogen (secondary N) is 1. The molecule has 3 aliphatic rings. The largest absolute Gasteiger partial charge is 0.496 e. The van der Waals surface area contributed by atoms with Gasteiger partial charge in [0.2, 0.25) is 17.7 Å². The normalized spacial score (nSPS) is 22.8. The van der Waals surface area contributed by atoms with E-state index in [0.29, 0.717) is 45.9 Å². The lowest BCUT2D eigenvalue weighted by Crippen LogP contribution is -2.61. The first-order valence-electron chi connectivity index (χ1n) is 14.5. The van der Waals surface area contributed by atoms with E-state index in [1.54, 1.807) is 18.2 Å². The zero-order chi connectivity index (χ0) is 30.1. The van der Waals surface area contributed by atoms with Gasteiger partial charge in [-0.05, 0) is 44.2 Å². The Kier molecular flexibility index (Phi) is 8.36. The van der Waals surface area contributed by atoms with Crippen molar-refractivity contribution >= 4 is 33.9 Å². The number of ether oxygens (including phenoxy) is 3. The lowest BCUT2D eigenvalue weighted by Gasteiger charge is -2.49. The first kappa shape index (κ1) is 29.5. The van der Waals surface area contributed by atoms with E-state index in [4.69, 9.17) is 23.7 Å². The quantitative estimate of drug-likeness (QED) is 0.329. The Labute approximate surface area is 253 Å². The maximum atomic E-state index is 14.5. The molecule has 4 heterocycles. The number of para-hydroxylation sites is 1. The number of methoxy groups -OCH3 is 1. The van der Waals surface area contributed by atoms with Crippen LogP contribution < -0.4 is 15.0 Å². The number of ketones is 1. The fraction of sp³-hybridized carbons (Fsp3) is 0.484. The summed E-state index contributed by atoms with van der Waals surface area (Å²) in [6.07, 6.45) is 4.03. The van der Waals surface area contributed by atoms with Crippen LogP contribution in [0, 0.1) is 18.3 Å². The summed E-state index contributed by atoms with van der Waals surface area (Å²) in [5, 5.41) is 12.3. The molecule has 2 amide bonds. The Balaban J connectivity index is 1.41. The second-order valence-corrected chi connectivity index (χ2v) is 12.2. The topological polar surface area (TPSA) is 140 Å². The molecule has 0 unspecified atom stereocenters. The predicted molar refractivity (Wildman–Crippen MR) is 157 cm³/mol. The number of aliphatic hydroxyl groups excluding tert-OH is 1. The van der Waals surface area contributed by atoms with Gasteiger partial charge in [-0.1, -0.05) is 18.2 Å². The molecule has 2 aliphatic heterocycles. The second kappa shape index (κ2) is 12.2. The number of anilines is 1. The van der Waals surface area contributed by atoms with E-state index in [-0.39, 0.29) is 56.2 Å². The summed E-state index contributed by atoms with van der Waals surface area (Å²) in [7, 11) is 1.60. The Morgan fingerprint density at radius 2 is 2.02 bits per heavy atom. The molecule has 2 aromatic heterocycles. The molecule has 12 heteroatoms. The molecule has 2 N–H and O–H groups in total. The van der Waals surface area contributed by atoms with Crippen molar-refractivity contribution in [2.24, 2.45) is 11.3 Å². The van der Waals surface area contributed by atoms with Gasteiger partial charge in [0.05, 0.1) is 43.0 Å². The van der Waals surface area contributed by atoms with Gasteiger partial charge in [-0.25, -0.2) is 4.98 Å². The van der Waals surface area contributed by atoms with E-state index in [1.165, 1.54) is 17.6 Å². The third-order valence-corrected chi connectivity index (χ3v) is 9.95. The van der Waals surface area contributed by atoms with Crippen molar-refractivity contribution in [3.63, 3.8) is 0 Å². The van der Waals surface area contributed by atoms with E-state index in [2.05, 4.69) is 10.3 Å². The predicted octanol–water partition coefficient (Wildman–Crippen LogP) is 3.69. The Hall–Kier alpha value is -3.58. The van der Waals surface area contributed by atoms with Gasteiger partial charge in [-0.3, -0.25) is 19.3 Å². The van der Waals surface area contributed by atoms with Crippen molar-refractivity contribution in [2.45, 2.75) is 44.8 Å². The minimum absolute atomic E-state index is 0.0742. The van der Waals surface area contributed by atoms with Crippen molar-refractivity contribution in [3.05, 3.63) is 53.4 Å². The van der Waals surface area contributed by atoms with Crippen LogP contribution in [0.5, 0.6) is 5.75 Å². The van der Waals surface area contributed by atoms with E-state index < -0.39 is 17.4 Å².